The maximum absolute atomic E-state index is 15.6. The number of benzene rings is 2. The molecule has 10 atom stereocenters. The van der Waals surface area contributed by atoms with Gasteiger partial charge in [0.2, 0.25) is 35.4 Å². The third kappa shape index (κ3) is 35.4. The molecule has 3 aliphatic heterocycles. The molecule has 1 aliphatic carbocycles. The smallest absolute Gasteiger partial charge is 0.407 e. The van der Waals surface area contributed by atoms with E-state index >= 15 is 4.39 Å². The Morgan fingerprint density at radius 3 is 1.68 bits per heavy atom. The number of halogens is 1. The van der Waals surface area contributed by atoms with Gasteiger partial charge in [0.15, 0.2) is 5.60 Å². The van der Waals surface area contributed by atoms with Crippen LogP contribution in [-0.2, 0) is 141 Å². The van der Waals surface area contributed by atoms with Crippen molar-refractivity contribution >= 4 is 92.2 Å². The van der Waals surface area contributed by atoms with E-state index in [0.29, 0.717) is 177 Å². The molecule has 0 unspecified atom stereocenters. The number of nitrogens with two attached hydrogens (primary N) is 1. The van der Waals surface area contributed by atoms with E-state index in [1.165, 1.54) is 41.0 Å². The fourth-order valence-electron chi connectivity index (χ4n) is 14.9. The number of amides is 11. The first-order chi connectivity index (χ1) is 65.4. The van der Waals surface area contributed by atoms with Crippen LogP contribution in [0.15, 0.2) is 53.3 Å². The van der Waals surface area contributed by atoms with Crippen molar-refractivity contribution in [1.29, 1.82) is 0 Å². The highest BCUT2D eigenvalue weighted by Crippen LogP contribution is 2.47. The van der Waals surface area contributed by atoms with Gasteiger partial charge in [0.1, 0.15) is 55.5 Å². The van der Waals surface area contributed by atoms with Gasteiger partial charge in [-0.1, -0.05) is 39.3 Å². The molecule has 0 fully saturated rings. The fourth-order valence-corrected chi connectivity index (χ4v) is 15.1. The summed E-state index contributed by atoms with van der Waals surface area (Å²) >= 11 is 0. The van der Waals surface area contributed by atoms with Crippen LogP contribution in [0, 0.1) is 18.7 Å². The lowest BCUT2D eigenvalue weighted by molar-refractivity contribution is -0.172. The number of unbranched alkanes of at least 4 members (excludes halogenated alkanes) is 2. The van der Waals surface area contributed by atoms with Crippen molar-refractivity contribution < 1.29 is 154 Å². The van der Waals surface area contributed by atoms with Gasteiger partial charge in [0.25, 0.3) is 17.4 Å². The van der Waals surface area contributed by atoms with Gasteiger partial charge in [-0.15, -0.1) is 0 Å². The van der Waals surface area contributed by atoms with Gasteiger partial charge in [-0.3, -0.25) is 48.1 Å². The van der Waals surface area contributed by atoms with Crippen LogP contribution in [0.25, 0.3) is 22.3 Å². The summed E-state index contributed by atoms with van der Waals surface area (Å²) in [6.07, 6.45) is -4.02. The molecular weight excluding hydrogens is 1810 g/mol. The Bertz CT molecular complexity index is 4630. The molecule has 44 nitrogen and oxygen atoms in total. The third-order valence-electron chi connectivity index (χ3n) is 22.4. The Morgan fingerprint density at radius 1 is 0.603 bits per heavy atom. The molecule has 136 heavy (non-hydrogen) atoms. The predicted octanol–water partition coefficient (Wildman–Crippen LogP) is -1.36. The quantitative estimate of drug-likeness (QED) is 0.00925. The van der Waals surface area contributed by atoms with Gasteiger partial charge < -0.3 is 150 Å². The van der Waals surface area contributed by atoms with Gasteiger partial charge >= 0.3 is 18.1 Å². The van der Waals surface area contributed by atoms with Crippen molar-refractivity contribution in [2.75, 3.05) is 197 Å². The van der Waals surface area contributed by atoms with Crippen molar-refractivity contribution in [2.24, 2.45) is 11.7 Å². The van der Waals surface area contributed by atoms with E-state index in [1.807, 2.05) is 0 Å². The zero-order chi connectivity index (χ0) is 98.5. The molecule has 4 aromatic rings. The van der Waals surface area contributed by atoms with Crippen molar-refractivity contribution in [3.8, 4) is 11.4 Å². The van der Waals surface area contributed by atoms with Crippen molar-refractivity contribution in [1.82, 2.24) is 51.7 Å². The summed E-state index contributed by atoms with van der Waals surface area (Å²) in [5.41, 5.74) is 5.78. The van der Waals surface area contributed by atoms with Gasteiger partial charge in [-0.05, 0) is 97.4 Å². The Morgan fingerprint density at radius 2 is 1.15 bits per heavy atom. The lowest BCUT2D eigenvalue weighted by Crippen LogP contribution is -2.58. The van der Waals surface area contributed by atoms with E-state index in [9.17, 15) is 83.1 Å². The number of nitrogens with zero attached hydrogens (tertiary/aromatic N) is 3. The highest BCUT2D eigenvalue weighted by molar-refractivity contribution is 6.15. The van der Waals surface area contributed by atoms with Crippen LogP contribution in [-0.4, -0.2) is 355 Å². The first-order valence-electron chi connectivity index (χ1n) is 45.6. The number of hydrogen-bond acceptors (Lipinski definition) is 33. The number of nitrogens with one attached hydrogen (secondary N) is 8. The summed E-state index contributed by atoms with van der Waals surface area (Å²) in [5.74, 6) is -7.09. The first-order valence-corrected chi connectivity index (χ1v) is 46.1. The van der Waals surface area contributed by atoms with Gasteiger partial charge in [-0.2, -0.15) is 0 Å². The average Bonchev–Trinajstić information content (AvgIpc) is 1.51. The number of aliphatic hydroxyl groups excluding tert-OH is 5. The van der Waals surface area contributed by atoms with Gasteiger partial charge in [0, 0.05) is 89.7 Å². The van der Waals surface area contributed by atoms with Gasteiger partial charge in [-0.25, -0.2) is 23.8 Å². The number of anilines is 1. The number of cyclic esters (lactones) is 1. The van der Waals surface area contributed by atoms with E-state index in [4.69, 9.17) is 82.1 Å². The molecular formula is C90H130FN12O32Si. The Hall–Kier alpha value is -10.1. The van der Waals surface area contributed by atoms with E-state index in [2.05, 4.69) is 52.8 Å². The van der Waals surface area contributed by atoms with E-state index in [0.717, 1.165) is 4.90 Å². The predicted molar refractivity (Wildman–Crippen MR) is 482 cm³/mol. The third-order valence-corrected chi connectivity index (χ3v) is 22.8. The molecule has 753 valence electrons. The monoisotopic (exact) mass is 1940 g/mol. The number of aromatic nitrogens is 2. The Balaban J connectivity index is 0.674. The number of ether oxygens (including phenoxy) is 14. The van der Waals surface area contributed by atoms with Crippen molar-refractivity contribution in [3.63, 3.8) is 0 Å². The van der Waals surface area contributed by atoms with Crippen molar-refractivity contribution in [3.05, 3.63) is 104 Å². The molecule has 0 saturated carbocycles. The number of rotatable bonds is 69. The fraction of sp³-hybridized carbons (Fsp3) is 0.633. The molecule has 16 N–H and O–H groups in total. The summed E-state index contributed by atoms with van der Waals surface area (Å²) < 4.78 is 94.3. The van der Waals surface area contributed by atoms with Crippen LogP contribution >= 0.6 is 0 Å². The minimum atomic E-state index is -2.21. The first kappa shape index (κ1) is 111. The summed E-state index contributed by atoms with van der Waals surface area (Å²) in [4.78, 5) is 165. The second-order valence-electron chi connectivity index (χ2n) is 32.7. The molecule has 0 bridgehead atoms. The topological polar surface area (TPSA) is 599 Å². The van der Waals surface area contributed by atoms with Crippen LogP contribution in [0.2, 0.25) is 5.54 Å². The SMILES string of the molecule is Cc1c(F)cc2nc3c(c4c2c1CC[C@@H]4NC(=O)OCc1ccc(NC(=O)[C@H](CCCNC(N)=O)NC(=O)[C@@H](NC(=O)[C@H](CC(=O)NCCOCCOCCOCCOCCOCCOCCOCCOCCOCCOCCOCCOCCC(=O)NC[C@H](O)[C@@H](O)[C@H](O)[C@H](O)CO)NC(=O)CCCCCN2C(=O)C=CC2=O)C(C)C)cc1)Cn1c-3cc2c(c1=O)COC(=O)[C@]2(O)[C@@H](C)[Si]. The minimum absolute atomic E-state index is 0.00454. The van der Waals surface area contributed by atoms with Crippen LogP contribution in [0.4, 0.5) is 19.7 Å². The standard InChI is InChI=1S/C90H130FN12O32Si/c1-55(2)79(85(116)99-66(9-8-20-94-88(92)119)83(114)96-59-13-11-58(12-14-59)53-135-89(120)100-65-16-15-60-56(3)64(91)48-67-77(60)78(65)61-51-103-69(80(61)98-67)47-63-62(86(103)117)54-134-87(118)90(63,121)57(4)136)101-84(115)68(97-73(108)10-6-5-7-22-102-75(110)17-18-76(102)111)49-74(109)93-21-24-123-26-28-125-30-32-127-34-36-129-38-40-131-42-44-133-46-45-132-43-41-130-39-37-128-35-33-126-31-29-124-27-25-122-23-19-72(107)95-50-70(105)81(112)82(113)71(106)52-104/h11-14,17-18,47-48,55,57,65-66,68,70-71,79,81-82,104-106,112-113,121H,5-10,15-16,19-46,49-54H2,1-4H3,(H,93,109)(H,95,107)(H,96,114)(H,97,108)(H,99,116)(H,100,120)(H,101,115)(H3,92,94,119)/t57-,65+,66+,68+,70+,71-,79+,81-,82-,90+/m1/s1. The molecule has 5 heterocycles. The second-order valence-corrected chi connectivity index (χ2v) is 33.5. The van der Waals surface area contributed by atoms with E-state index in [1.54, 1.807) is 39.8 Å². The number of esters is 1. The van der Waals surface area contributed by atoms with Crippen LogP contribution in [0.5, 0.6) is 0 Å². The zero-order valence-electron chi connectivity index (χ0n) is 77.2. The molecule has 2 aromatic heterocycles. The highest BCUT2D eigenvalue weighted by atomic mass is 28.1. The molecule has 2 aromatic carbocycles. The van der Waals surface area contributed by atoms with E-state index in [-0.39, 0.29) is 152 Å². The number of aryl methyl sites for hydroxylation is 1. The maximum Gasteiger partial charge on any atom is 0.407 e. The zero-order valence-corrected chi connectivity index (χ0v) is 78.2. The number of alkyl carbamates (subject to hydrolysis) is 1. The summed E-state index contributed by atoms with van der Waals surface area (Å²) in [6.45, 7) is 12.4. The lowest BCUT2D eigenvalue weighted by atomic mass is 9.81. The number of pyridine rings is 2. The number of urea groups is 1. The number of aliphatic hydroxyl groups is 6. The molecule has 46 heteroatoms. The summed E-state index contributed by atoms with van der Waals surface area (Å²) in [7, 11) is 3.38. The number of fused-ring (bicyclic) bond motifs is 5. The highest BCUT2D eigenvalue weighted by Gasteiger charge is 2.50. The van der Waals surface area contributed by atoms with Gasteiger partial charge in [0.05, 0.1) is 213 Å². The summed E-state index contributed by atoms with van der Waals surface area (Å²) in [5, 5.41) is 81.1. The minimum Gasteiger partial charge on any atom is -0.458 e. The molecule has 3 radical (unpaired) electrons. The van der Waals surface area contributed by atoms with Crippen LogP contribution in [0.1, 0.15) is 124 Å². The normalized spacial score (nSPS) is 16.6. The van der Waals surface area contributed by atoms with E-state index < -0.39 is 155 Å². The maximum atomic E-state index is 15.6. The second kappa shape index (κ2) is 59.3. The molecule has 0 saturated heterocycles. The summed E-state index contributed by atoms with van der Waals surface area (Å²) in [6, 6.07) is 3.40. The van der Waals surface area contributed by atoms with Crippen LogP contribution < -0.4 is 53.8 Å². The number of primary amides is 1. The van der Waals surface area contributed by atoms with Crippen molar-refractivity contribution in [2.45, 2.75) is 171 Å². The number of carbonyl (C=O) groups is 11. The number of carbonyl (C=O) groups excluding carboxylic acids is 11. The average molecular weight is 1940 g/mol. The molecule has 4 aliphatic rings. The number of imide groups is 1. The molecule has 8 rings (SSSR count). The molecule has 11 amide bonds. The molecule has 0 spiro atoms. The Labute approximate surface area is 789 Å². The van der Waals surface area contributed by atoms with Crippen LogP contribution in [0.3, 0.4) is 0 Å². The number of hydrogen-bond donors (Lipinski definition) is 15. The Kier molecular flexibility index (Phi) is 48.5. The largest absolute Gasteiger partial charge is 0.458 e. The lowest BCUT2D eigenvalue weighted by Gasteiger charge is -2.35.